The SMILES string of the molecule is Cc1cccc(CN2CCC3(CCCN(C(=O)c4ccoc4)C3)C2=O)n1.O=C(O)C(F)(F)F. The highest BCUT2D eigenvalue weighted by Gasteiger charge is 2.49. The van der Waals surface area contributed by atoms with Crippen molar-refractivity contribution in [3.8, 4) is 0 Å². The van der Waals surface area contributed by atoms with Crippen LogP contribution in [0.2, 0.25) is 0 Å². The van der Waals surface area contributed by atoms with Crippen molar-refractivity contribution in [2.45, 2.75) is 38.9 Å². The van der Waals surface area contributed by atoms with Crippen LogP contribution in [-0.4, -0.2) is 63.5 Å². The van der Waals surface area contributed by atoms with Crippen LogP contribution in [0.25, 0.3) is 0 Å². The number of furan rings is 1. The lowest BCUT2D eigenvalue weighted by molar-refractivity contribution is -0.192. The minimum absolute atomic E-state index is 0.0515. The van der Waals surface area contributed by atoms with Crippen LogP contribution >= 0.6 is 0 Å². The van der Waals surface area contributed by atoms with Gasteiger partial charge in [-0.2, -0.15) is 13.2 Å². The van der Waals surface area contributed by atoms with Gasteiger partial charge in [0.15, 0.2) is 0 Å². The third kappa shape index (κ3) is 5.71. The van der Waals surface area contributed by atoms with E-state index in [1.165, 1.54) is 12.5 Å². The fourth-order valence-electron chi connectivity index (χ4n) is 4.18. The largest absolute Gasteiger partial charge is 0.490 e. The Morgan fingerprint density at radius 1 is 1.21 bits per heavy atom. The fraction of sp³-hybridized carbons (Fsp3) is 0.455. The van der Waals surface area contributed by atoms with E-state index < -0.39 is 17.6 Å². The number of aryl methyl sites for hydroxylation is 1. The van der Waals surface area contributed by atoms with E-state index in [2.05, 4.69) is 4.98 Å². The number of piperidine rings is 1. The second-order valence-electron chi connectivity index (χ2n) is 8.17. The number of nitrogens with zero attached hydrogens (tertiary/aromatic N) is 3. The minimum atomic E-state index is -5.08. The molecule has 1 unspecified atom stereocenters. The number of amides is 2. The van der Waals surface area contributed by atoms with E-state index >= 15 is 0 Å². The van der Waals surface area contributed by atoms with E-state index in [1.54, 1.807) is 11.0 Å². The number of carboxylic acids is 1. The molecular formula is C22H24F3N3O5. The number of carboxylic acid groups (broad SMARTS) is 1. The van der Waals surface area contributed by atoms with Gasteiger partial charge in [0.1, 0.15) is 6.26 Å². The van der Waals surface area contributed by atoms with Gasteiger partial charge < -0.3 is 19.3 Å². The molecule has 33 heavy (non-hydrogen) atoms. The van der Waals surface area contributed by atoms with Crippen LogP contribution in [0, 0.1) is 12.3 Å². The van der Waals surface area contributed by atoms with Crippen LogP contribution in [-0.2, 0) is 16.1 Å². The molecule has 1 N–H and O–H groups in total. The second-order valence-corrected chi connectivity index (χ2v) is 8.17. The van der Waals surface area contributed by atoms with Crippen LogP contribution in [0.3, 0.4) is 0 Å². The van der Waals surface area contributed by atoms with E-state index in [9.17, 15) is 22.8 Å². The van der Waals surface area contributed by atoms with E-state index in [0.29, 0.717) is 25.2 Å². The summed E-state index contributed by atoms with van der Waals surface area (Å²) in [6.45, 7) is 4.41. The third-order valence-electron chi connectivity index (χ3n) is 5.77. The summed E-state index contributed by atoms with van der Waals surface area (Å²) in [7, 11) is 0. The molecule has 2 amide bonds. The van der Waals surface area contributed by atoms with Crippen LogP contribution in [0.1, 0.15) is 41.0 Å². The van der Waals surface area contributed by atoms with Gasteiger partial charge in [0.25, 0.3) is 5.91 Å². The van der Waals surface area contributed by atoms with Crippen LogP contribution in [0.5, 0.6) is 0 Å². The highest BCUT2D eigenvalue weighted by molar-refractivity contribution is 5.95. The molecule has 0 bridgehead atoms. The van der Waals surface area contributed by atoms with E-state index in [-0.39, 0.29) is 11.8 Å². The van der Waals surface area contributed by atoms with Crippen molar-refractivity contribution in [3.63, 3.8) is 0 Å². The number of aromatic nitrogens is 1. The van der Waals surface area contributed by atoms with Gasteiger partial charge in [0, 0.05) is 25.3 Å². The predicted octanol–water partition coefficient (Wildman–Crippen LogP) is 3.27. The molecular weight excluding hydrogens is 443 g/mol. The number of pyridine rings is 1. The molecule has 2 aliphatic rings. The van der Waals surface area contributed by atoms with Crippen molar-refractivity contribution in [1.29, 1.82) is 0 Å². The molecule has 1 spiro atoms. The molecule has 2 fully saturated rings. The Labute approximate surface area is 188 Å². The maximum atomic E-state index is 13.2. The van der Waals surface area contributed by atoms with E-state index in [1.807, 2.05) is 30.0 Å². The van der Waals surface area contributed by atoms with Gasteiger partial charge in [-0.25, -0.2) is 4.79 Å². The monoisotopic (exact) mass is 467 g/mol. The number of carbonyl (C=O) groups is 3. The molecule has 2 aromatic rings. The Bertz CT molecular complexity index is 1010. The standard InChI is InChI=1S/C20H23N3O3.C2HF3O2/c1-15-4-2-5-17(21-15)12-22-10-8-20(19(22)25)7-3-9-23(14-20)18(24)16-6-11-26-13-16;3-2(4,5)1(6)7/h2,4-6,11,13H,3,7-10,12,14H2,1H3;(H,6,7). The zero-order valence-electron chi connectivity index (χ0n) is 18.0. The van der Waals surface area contributed by atoms with Crippen molar-refractivity contribution in [3.05, 3.63) is 53.7 Å². The van der Waals surface area contributed by atoms with Gasteiger partial charge >= 0.3 is 12.1 Å². The highest BCUT2D eigenvalue weighted by atomic mass is 19.4. The smallest absolute Gasteiger partial charge is 0.475 e. The minimum Gasteiger partial charge on any atom is -0.475 e. The van der Waals surface area contributed by atoms with Gasteiger partial charge in [-0.1, -0.05) is 6.07 Å². The first kappa shape index (κ1) is 24.3. The first-order chi connectivity index (χ1) is 15.5. The first-order valence-electron chi connectivity index (χ1n) is 10.4. The van der Waals surface area contributed by atoms with E-state index in [4.69, 9.17) is 14.3 Å². The number of hydrogen-bond donors (Lipinski definition) is 1. The average molecular weight is 467 g/mol. The molecule has 0 aliphatic carbocycles. The Hall–Kier alpha value is -3.37. The molecule has 8 nitrogen and oxygen atoms in total. The number of carbonyl (C=O) groups excluding carboxylic acids is 2. The summed E-state index contributed by atoms with van der Waals surface area (Å²) in [5.41, 5.74) is 1.98. The Morgan fingerprint density at radius 3 is 2.55 bits per heavy atom. The molecule has 4 heterocycles. The maximum absolute atomic E-state index is 13.2. The maximum Gasteiger partial charge on any atom is 0.490 e. The Morgan fingerprint density at radius 2 is 1.94 bits per heavy atom. The van der Waals surface area contributed by atoms with Gasteiger partial charge in [-0.05, 0) is 44.4 Å². The normalized spacial score (nSPS) is 20.5. The number of hydrogen-bond acceptors (Lipinski definition) is 5. The lowest BCUT2D eigenvalue weighted by Crippen LogP contribution is -2.49. The number of likely N-dealkylation sites (tertiary alicyclic amines) is 2. The fourth-order valence-corrected chi connectivity index (χ4v) is 4.18. The average Bonchev–Trinajstić information content (AvgIpc) is 3.39. The van der Waals surface area contributed by atoms with Gasteiger partial charge in [-0.15, -0.1) is 0 Å². The molecule has 4 rings (SSSR count). The van der Waals surface area contributed by atoms with Crippen molar-refractivity contribution in [2.24, 2.45) is 5.41 Å². The Kier molecular flexibility index (Phi) is 7.09. The summed E-state index contributed by atoms with van der Waals surface area (Å²) >= 11 is 0. The second kappa shape index (κ2) is 9.63. The molecule has 2 saturated heterocycles. The highest BCUT2D eigenvalue weighted by Crippen LogP contribution is 2.41. The summed E-state index contributed by atoms with van der Waals surface area (Å²) in [6, 6.07) is 7.56. The summed E-state index contributed by atoms with van der Waals surface area (Å²) in [4.78, 5) is 42.9. The zero-order valence-corrected chi connectivity index (χ0v) is 18.0. The van der Waals surface area contributed by atoms with Gasteiger partial charge in [0.2, 0.25) is 5.91 Å². The molecule has 1 atom stereocenters. The number of aliphatic carboxylic acids is 1. The number of halogens is 3. The number of rotatable bonds is 3. The lowest BCUT2D eigenvalue weighted by Gasteiger charge is -2.38. The molecule has 2 aliphatic heterocycles. The summed E-state index contributed by atoms with van der Waals surface area (Å²) in [5, 5.41) is 7.12. The van der Waals surface area contributed by atoms with Crippen molar-refractivity contribution in [1.82, 2.24) is 14.8 Å². The topological polar surface area (TPSA) is 104 Å². The number of alkyl halides is 3. The molecule has 0 saturated carbocycles. The van der Waals surface area contributed by atoms with Crippen molar-refractivity contribution < 1.29 is 37.1 Å². The molecule has 11 heteroatoms. The zero-order chi connectivity index (χ0) is 24.2. The molecule has 0 aromatic carbocycles. The quantitative estimate of drug-likeness (QED) is 0.743. The van der Waals surface area contributed by atoms with Crippen LogP contribution in [0.15, 0.2) is 41.2 Å². The lowest BCUT2D eigenvalue weighted by atomic mass is 9.78. The van der Waals surface area contributed by atoms with Gasteiger partial charge in [0.05, 0.1) is 29.5 Å². The molecule has 2 aromatic heterocycles. The molecule has 0 radical (unpaired) electrons. The van der Waals surface area contributed by atoms with Crippen molar-refractivity contribution >= 4 is 17.8 Å². The van der Waals surface area contributed by atoms with Crippen molar-refractivity contribution in [2.75, 3.05) is 19.6 Å². The van der Waals surface area contributed by atoms with E-state index in [0.717, 1.165) is 37.2 Å². The third-order valence-corrected chi connectivity index (χ3v) is 5.77. The predicted molar refractivity (Wildman–Crippen MR) is 109 cm³/mol. The summed E-state index contributed by atoms with van der Waals surface area (Å²) in [5.74, 6) is -2.65. The first-order valence-corrected chi connectivity index (χ1v) is 10.4. The molecule has 178 valence electrons. The summed E-state index contributed by atoms with van der Waals surface area (Å²) in [6.07, 6.45) is 0.386. The van der Waals surface area contributed by atoms with Gasteiger partial charge in [-0.3, -0.25) is 14.6 Å². The Balaban J connectivity index is 0.000000383. The van der Waals surface area contributed by atoms with Crippen LogP contribution in [0.4, 0.5) is 13.2 Å². The summed E-state index contributed by atoms with van der Waals surface area (Å²) < 4.78 is 36.8. The van der Waals surface area contributed by atoms with Crippen LogP contribution < -0.4 is 0 Å².